The number of carbonyl (C=O) groups excluding carboxylic acids is 2. The molecule has 0 rings (SSSR count). The van der Waals surface area contributed by atoms with Crippen molar-refractivity contribution in [3.63, 3.8) is 0 Å². The van der Waals surface area contributed by atoms with E-state index in [1.165, 1.54) is 7.11 Å². The Balaban J connectivity index is 3.97. The Hall–Kier alpha value is -1.59. The van der Waals surface area contributed by atoms with Gasteiger partial charge in [-0.25, -0.2) is 4.79 Å². The Morgan fingerprint density at radius 1 is 1.16 bits per heavy atom. The van der Waals surface area contributed by atoms with Crippen molar-refractivity contribution < 1.29 is 24.2 Å². The van der Waals surface area contributed by atoms with E-state index in [1.54, 1.807) is 0 Å². The van der Waals surface area contributed by atoms with Crippen LogP contribution < -0.4 is 5.32 Å². The minimum atomic E-state index is -1.23. The first-order valence-corrected chi connectivity index (χ1v) is 6.60. The van der Waals surface area contributed by atoms with Gasteiger partial charge in [0.25, 0.3) is 0 Å². The van der Waals surface area contributed by atoms with E-state index in [1.807, 2.05) is 0 Å². The lowest BCUT2D eigenvalue weighted by molar-refractivity contribution is -0.148. The highest BCUT2D eigenvalue weighted by atomic mass is 16.5. The first-order chi connectivity index (χ1) is 9.01. The van der Waals surface area contributed by atoms with Crippen molar-refractivity contribution >= 4 is 17.8 Å². The maximum Gasteiger partial charge on any atom is 0.326 e. The minimum Gasteiger partial charge on any atom is -0.480 e. The van der Waals surface area contributed by atoms with Crippen LogP contribution in [0.2, 0.25) is 0 Å². The summed E-state index contributed by atoms with van der Waals surface area (Å²) in [6.07, 6.45) is 4.97. The van der Waals surface area contributed by atoms with Crippen LogP contribution in [0, 0.1) is 0 Å². The van der Waals surface area contributed by atoms with Crippen molar-refractivity contribution in [1.29, 1.82) is 0 Å². The van der Waals surface area contributed by atoms with Gasteiger partial charge >= 0.3 is 11.9 Å². The fourth-order valence-electron chi connectivity index (χ4n) is 1.61. The van der Waals surface area contributed by atoms with Crippen LogP contribution in [0.3, 0.4) is 0 Å². The molecule has 0 aliphatic heterocycles. The third-order valence-electron chi connectivity index (χ3n) is 2.74. The van der Waals surface area contributed by atoms with Crippen molar-refractivity contribution in [2.24, 2.45) is 0 Å². The van der Waals surface area contributed by atoms with Gasteiger partial charge in [-0.05, 0) is 6.42 Å². The highest BCUT2D eigenvalue weighted by Gasteiger charge is 2.23. The second kappa shape index (κ2) is 10.3. The first kappa shape index (κ1) is 17.4. The summed E-state index contributed by atoms with van der Waals surface area (Å²) in [7, 11) is 1.18. The second-order valence-corrected chi connectivity index (χ2v) is 4.40. The normalized spacial score (nSPS) is 11.7. The van der Waals surface area contributed by atoms with Crippen molar-refractivity contribution in [3.05, 3.63) is 0 Å². The van der Waals surface area contributed by atoms with Gasteiger partial charge in [0.1, 0.15) is 6.04 Å². The molecule has 110 valence electrons. The number of ether oxygens (including phenoxy) is 1. The van der Waals surface area contributed by atoms with Crippen LogP contribution in [0.1, 0.15) is 51.9 Å². The number of nitrogens with one attached hydrogen (secondary N) is 1. The van der Waals surface area contributed by atoms with Crippen LogP contribution in [0.25, 0.3) is 0 Å². The summed E-state index contributed by atoms with van der Waals surface area (Å²) in [4.78, 5) is 33.4. The Morgan fingerprint density at radius 2 is 1.79 bits per heavy atom. The van der Waals surface area contributed by atoms with Crippen molar-refractivity contribution in [1.82, 2.24) is 5.32 Å². The average Bonchev–Trinajstić information content (AvgIpc) is 2.37. The lowest BCUT2D eigenvalue weighted by Crippen LogP contribution is -2.42. The molecule has 6 nitrogen and oxygen atoms in total. The fourth-order valence-corrected chi connectivity index (χ4v) is 1.61. The molecule has 0 radical (unpaired) electrons. The standard InChI is InChI=1S/C13H23NO5/c1-3-4-5-6-7-8-11(15)14-10(13(17)18)9-12(16)19-2/h10H,3-9H2,1-2H3,(H,14,15)(H,17,18)/t10-/m0/s1. The zero-order valence-corrected chi connectivity index (χ0v) is 11.6. The molecule has 0 heterocycles. The van der Waals surface area contributed by atoms with Crippen LogP contribution in [0.5, 0.6) is 0 Å². The summed E-state index contributed by atoms with van der Waals surface area (Å²) in [5.74, 6) is -2.23. The maximum absolute atomic E-state index is 11.5. The van der Waals surface area contributed by atoms with Crippen LogP contribution in [-0.4, -0.2) is 36.1 Å². The van der Waals surface area contributed by atoms with E-state index >= 15 is 0 Å². The third-order valence-corrected chi connectivity index (χ3v) is 2.74. The van der Waals surface area contributed by atoms with Crippen LogP contribution in [0.4, 0.5) is 0 Å². The predicted molar refractivity (Wildman–Crippen MR) is 69.6 cm³/mol. The second-order valence-electron chi connectivity index (χ2n) is 4.40. The number of hydrogen-bond donors (Lipinski definition) is 2. The smallest absolute Gasteiger partial charge is 0.326 e. The predicted octanol–water partition coefficient (Wildman–Crippen LogP) is 1.48. The Kier molecular flexibility index (Phi) is 9.48. The number of amides is 1. The molecule has 0 aliphatic carbocycles. The van der Waals surface area contributed by atoms with Gasteiger partial charge in [-0.1, -0.05) is 32.6 Å². The Morgan fingerprint density at radius 3 is 2.32 bits per heavy atom. The van der Waals surface area contributed by atoms with Crippen LogP contribution in [-0.2, 0) is 19.1 Å². The zero-order chi connectivity index (χ0) is 14.7. The highest BCUT2D eigenvalue weighted by molar-refractivity contribution is 5.87. The molecular weight excluding hydrogens is 250 g/mol. The van der Waals surface area contributed by atoms with E-state index in [-0.39, 0.29) is 18.7 Å². The van der Waals surface area contributed by atoms with Gasteiger partial charge in [0.2, 0.25) is 5.91 Å². The number of aliphatic carboxylic acids is 1. The summed E-state index contributed by atoms with van der Waals surface area (Å²) in [6, 6.07) is -1.21. The van der Waals surface area contributed by atoms with Crippen LogP contribution >= 0.6 is 0 Å². The lowest BCUT2D eigenvalue weighted by atomic mass is 10.1. The summed E-state index contributed by atoms with van der Waals surface area (Å²) < 4.78 is 4.38. The number of esters is 1. The fraction of sp³-hybridized carbons (Fsp3) is 0.769. The van der Waals surface area contributed by atoms with E-state index in [2.05, 4.69) is 17.0 Å². The monoisotopic (exact) mass is 273 g/mol. The summed E-state index contributed by atoms with van der Waals surface area (Å²) in [6.45, 7) is 2.11. The molecule has 0 aliphatic rings. The number of unbranched alkanes of at least 4 members (excludes halogenated alkanes) is 4. The number of carboxylic acid groups (broad SMARTS) is 1. The number of rotatable bonds is 10. The van der Waals surface area contributed by atoms with Crippen LogP contribution in [0.15, 0.2) is 0 Å². The van der Waals surface area contributed by atoms with Crippen molar-refractivity contribution in [3.8, 4) is 0 Å². The molecule has 0 bridgehead atoms. The number of carbonyl (C=O) groups is 3. The quantitative estimate of drug-likeness (QED) is 0.464. The van der Waals surface area contributed by atoms with Gasteiger partial charge in [0.05, 0.1) is 13.5 Å². The molecule has 6 heteroatoms. The topological polar surface area (TPSA) is 92.7 Å². The summed E-state index contributed by atoms with van der Waals surface area (Å²) in [5, 5.41) is 11.2. The van der Waals surface area contributed by atoms with Gasteiger partial charge in [0, 0.05) is 6.42 Å². The minimum absolute atomic E-state index is 0.286. The third kappa shape index (κ3) is 9.04. The maximum atomic E-state index is 11.5. The van der Waals surface area contributed by atoms with E-state index in [9.17, 15) is 14.4 Å². The average molecular weight is 273 g/mol. The highest BCUT2D eigenvalue weighted by Crippen LogP contribution is 2.05. The summed E-state index contributed by atoms with van der Waals surface area (Å²) in [5.41, 5.74) is 0. The Bertz CT molecular complexity index is 303. The lowest BCUT2D eigenvalue weighted by Gasteiger charge is -2.13. The van der Waals surface area contributed by atoms with Gasteiger partial charge in [-0.2, -0.15) is 0 Å². The van der Waals surface area contributed by atoms with Gasteiger partial charge < -0.3 is 15.2 Å². The molecule has 19 heavy (non-hydrogen) atoms. The summed E-state index contributed by atoms with van der Waals surface area (Å²) >= 11 is 0. The molecule has 0 saturated heterocycles. The number of methoxy groups -OCH3 is 1. The molecule has 0 aromatic rings. The molecule has 0 aromatic carbocycles. The van der Waals surface area contributed by atoms with E-state index < -0.39 is 18.0 Å². The van der Waals surface area contributed by atoms with E-state index in [0.717, 1.165) is 32.1 Å². The van der Waals surface area contributed by atoms with E-state index in [0.29, 0.717) is 0 Å². The van der Waals surface area contributed by atoms with Crippen molar-refractivity contribution in [2.75, 3.05) is 7.11 Å². The molecule has 0 aromatic heterocycles. The SMILES string of the molecule is CCCCCCCC(=O)N[C@@H](CC(=O)OC)C(=O)O. The molecule has 1 atom stereocenters. The molecular formula is C13H23NO5. The van der Waals surface area contributed by atoms with Gasteiger partial charge in [-0.15, -0.1) is 0 Å². The zero-order valence-electron chi connectivity index (χ0n) is 11.6. The molecule has 0 spiro atoms. The Labute approximate surface area is 113 Å². The number of hydrogen-bond acceptors (Lipinski definition) is 4. The molecule has 0 fully saturated rings. The largest absolute Gasteiger partial charge is 0.480 e. The van der Waals surface area contributed by atoms with Gasteiger partial charge in [0.15, 0.2) is 0 Å². The molecule has 1 amide bonds. The molecule has 2 N–H and O–H groups in total. The first-order valence-electron chi connectivity index (χ1n) is 6.60. The van der Waals surface area contributed by atoms with Gasteiger partial charge in [-0.3, -0.25) is 9.59 Å². The molecule has 0 unspecified atom stereocenters. The van der Waals surface area contributed by atoms with Crippen molar-refractivity contribution in [2.45, 2.75) is 57.9 Å². The number of carboxylic acids is 1. The van der Waals surface area contributed by atoms with E-state index in [4.69, 9.17) is 5.11 Å². The molecule has 0 saturated carbocycles.